The summed E-state index contributed by atoms with van der Waals surface area (Å²) in [4.78, 5) is 0. The average Bonchev–Trinajstić information content (AvgIpc) is 2.80. The van der Waals surface area contributed by atoms with E-state index >= 15 is 0 Å². The molecule has 0 amide bonds. The van der Waals surface area contributed by atoms with Crippen LogP contribution in [0, 0.1) is 0 Å². The van der Waals surface area contributed by atoms with Crippen LogP contribution in [0.15, 0.2) is 48.6 Å². The van der Waals surface area contributed by atoms with Gasteiger partial charge in [-0.1, -0.05) is 100.0 Å². The van der Waals surface area contributed by atoms with Gasteiger partial charge in [-0.15, -0.1) is 0 Å². The fourth-order valence-electron chi connectivity index (χ4n) is 4.45. The van der Waals surface area contributed by atoms with Gasteiger partial charge in [0.25, 0.3) is 0 Å². The molecule has 0 nitrogen and oxygen atoms in total. The summed E-state index contributed by atoms with van der Waals surface area (Å²) in [7, 11) is 0. The highest BCUT2D eigenvalue weighted by Crippen LogP contribution is 2.12. The predicted octanol–water partition coefficient (Wildman–Crippen LogP) is 11.6. The Morgan fingerprint density at radius 2 is 0.281 bits per heavy atom. The summed E-state index contributed by atoms with van der Waals surface area (Å²) in [5.74, 6) is 0. The maximum atomic E-state index is 2.43. The summed E-state index contributed by atoms with van der Waals surface area (Å²) in [5.41, 5.74) is 0. The first-order valence-corrected chi connectivity index (χ1v) is 14.6. The lowest BCUT2D eigenvalue weighted by molar-refractivity contribution is 0.638. The molecular weight excluding hydrogens is 384 g/mol. The summed E-state index contributed by atoms with van der Waals surface area (Å²) >= 11 is 0. The molecule has 0 fully saturated rings. The second-order valence-electron chi connectivity index (χ2n) is 9.85. The van der Waals surface area contributed by atoms with Crippen molar-refractivity contribution in [3.63, 3.8) is 0 Å². The van der Waals surface area contributed by atoms with Crippen molar-refractivity contribution in [2.45, 2.75) is 154 Å². The van der Waals surface area contributed by atoms with Gasteiger partial charge in [-0.25, -0.2) is 0 Å². The third-order valence-corrected chi connectivity index (χ3v) is 6.63. The molecule has 0 radical (unpaired) electrons. The molecule has 0 aromatic carbocycles. The Hall–Kier alpha value is -1.04. The van der Waals surface area contributed by atoms with Gasteiger partial charge < -0.3 is 0 Å². The molecule has 0 atom stereocenters. The molecular formula is C32H56. The number of allylic oxidation sites excluding steroid dienone is 8. The molecule has 0 saturated carbocycles. The Morgan fingerprint density at radius 1 is 0.156 bits per heavy atom. The minimum absolute atomic E-state index is 1.29. The Bertz CT molecular complexity index is 336. The van der Waals surface area contributed by atoms with E-state index in [1.165, 1.54) is 154 Å². The van der Waals surface area contributed by atoms with Crippen molar-refractivity contribution in [3.8, 4) is 0 Å². The van der Waals surface area contributed by atoms with E-state index in [1.807, 2.05) is 0 Å². The van der Waals surface area contributed by atoms with Crippen molar-refractivity contribution in [2.24, 2.45) is 0 Å². The van der Waals surface area contributed by atoms with Crippen LogP contribution in [0.4, 0.5) is 0 Å². The highest BCUT2D eigenvalue weighted by molar-refractivity contribution is 4.84. The van der Waals surface area contributed by atoms with Crippen LogP contribution in [0.5, 0.6) is 0 Å². The molecule has 0 aromatic rings. The smallest absolute Gasteiger partial charge is 0.0351 e. The average molecular weight is 441 g/mol. The molecule has 0 N–H and O–H groups in total. The van der Waals surface area contributed by atoms with Crippen LogP contribution in [0.2, 0.25) is 0 Å². The quantitative estimate of drug-likeness (QED) is 0.328. The van der Waals surface area contributed by atoms with Gasteiger partial charge >= 0.3 is 0 Å². The largest absolute Gasteiger partial charge is 0.0885 e. The Kier molecular flexibility index (Phi) is 23.8. The monoisotopic (exact) mass is 440 g/mol. The SMILES string of the molecule is C1=CCCCCCC/C=C\CCCCCC/C=C\CCCCCC/C=C\CCCCCC1. The number of rotatable bonds is 0. The van der Waals surface area contributed by atoms with Crippen molar-refractivity contribution in [1.29, 1.82) is 0 Å². The molecule has 1 aliphatic carbocycles. The molecule has 0 saturated heterocycles. The van der Waals surface area contributed by atoms with E-state index in [0.717, 1.165) is 0 Å². The van der Waals surface area contributed by atoms with E-state index in [2.05, 4.69) is 48.6 Å². The topological polar surface area (TPSA) is 0 Å². The van der Waals surface area contributed by atoms with Gasteiger partial charge in [0.05, 0.1) is 0 Å². The van der Waals surface area contributed by atoms with E-state index in [9.17, 15) is 0 Å². The molecule has 0 heterocycles. The summed E-state index contributed by atoms with van der Waals surface area (Å²) in [6.07, 6.45) is 52.0. The van der Waals surface area contributed by atoms with E-state index < -0.39 is 0 Å². The fourth-order valence-corrected chi connectivity index (χ4v) is 4.45. The first kappa shape index (κ1) is 29.0. The van der Waals surface area contributed by atoms with Crippen LogP contribution in [-0.2, 0) is 0 Å². The number of hydrogen-bond acceptors (Lipinski definition) is 0. The minimum Gasteiger partial charge on any atom is -0.0885 e. The molecule has 0 spiro atoms. The van der Waals surface area contributed by atoms with Crippen LogP contribution < -0.4 is 0 Å². The lowest BCUT2D eigenvalue weighted by Gasteiger charge is -2.00. The molecule has 184 valence electrons. The van der Waals surface area contributed by atoms with Crippen LogP contribution in [-0.4, -0.2) is 0 Å². The zero-order chi connectivity index (χ0) is 22.6. The molecule has 32 heavy (non-hydrogen) atoms. The highest BCUT2D eigenvalue weighted by atomic mass is 14.0. The zero-order valence-corrected chi connectivity index (χ0v) is 21.6. The molecule has 1 rings (SSSR count). The maximum Gasteiger partial charge on any atom is -0.0351 e. The molecule has 0 unspecified atom stereocenters. The minimum atomic E-state index is 1.29. The van der Waals surface area contributed by atoms with Gasteiger partial charge in [-0.05, 0) is 103 Å². The maximum absolute atomic E-state index is 2.43. The van der Waals surface area contributed by atoms with Crippen LogP contribution in [0.3, 0.4) is 0 Å². The Balaban J connectivity index is 2.13. The molecule has 0 bridgehead atoms. The van der Waals surface area contributed by atoms with Crippen LogP contribution in [0.1, 0.15) is 154 Å². The zero-order valence-electron chi connectivity index (χ0n) is 21.6. The highest BCUT2D eigenvalue weighted by Gasteiger charge is 1.92. The normalized spacial score (nSPS) is 25.0. The molecule has 0 aliphatic heterocycles. The first-order valence-electron chi connectivity index (χ1n) is 14.6. The summed E-state index contributed by atoms with van der Waals surface area (Å²) < 4.78 is 0. The van der Waals surface area contributed by atoms with E-state index in [0.29, 0.717) is 0 Å². The summed E-state index contributed by atoms with van der Waals surface area (Å²) in [5, 5.41) is 0. The predicted molar refractivity (Wildman–Crippen MR) is 147 cm³/mol. The van der Waals surface area contributed by atoms with Gasteiger partial charge in [-0.2, -0.15) is 0 Å². The van der Waals surface area contributed by atoms with Crippen molar-refractivity contribution in [3.05, 3.63) is 48.6 Å². The Morgan fingerprint density at radius 3 is 0.406 bits per heavy atom. The lowest BCUT2D eigenvalue weighted by Crippen LogP contribution is -1.80. The second kappa shape index (κ2) is 26.2. The molecule has 0 aromatic heterocycles. The van der Waals surface area contributed by atoms with Crippen molar-refractivity contribution < 1.29 is 0 Å². The number of hydrogen-bond donors (Lipinski definition) is 0. The van der Waals surface area contributed by atoms with Crippen LogP contribution in [0.25, 0.3) is 0 Å². The molecule has 0 heteroatoms. The van der Waals surface area contributed by atoms with Crippen molar-refractivity contribution >= 4 is 0 Å². The second-order valence-corrected chi connectivity index (χ2v) is 9.85. The van der Waals surface area contributed by atoms with E-state index in [-0.39, 0.29) is 0 Å². The summed E-state index contributed by atoms with van der Waals surface area (Å²) in [6.45, 7) is 0. The standard InChI is InChI=1S/C32H56/c1-2-4-6-8-10-12-14-16-18-20-22-24-26-28-30-32-31-29-27-25-23-21-19-17-15-13-11-9-7-5-3-1/h1-2,15-18,31-32H,3-14,19-30H2/b2-1-,17-15-,18-16-,32-31?. The van der Waals surface area contributed by atoms with Crippen molar-refractivity contribution in [2.75, 3.05) is 0 Å². The Labute approximate surface area is 202 Å². The summed E-state index contributed by atoms with van der Waals surface area (Å²) in [6, 6.07) is 0. The van der Waals surface area contributed by atoms with Gasteiger partial charge in [0.2, 0.25) is 0 Å². The molecule has 1 aliphatic rings. The van der Waals surface area contributed by atoms with E-state index in [1.54, 1.807) is 0 Å². The van der Waals surface area contributed by atoms with E-state index in [4.69, 9.17) is 0 Å². The lowest BCUT2D eigenvalue weighted by atomic mass is 10.1. The van der Waals surface area contributed by atoms with Crippen molar-refractivity contribution in [1.82, 2.24) is 0 Å². The van der Waals surface area contributed by atoms with Gasteiger partial charge in [0.15, 0.2) is 0 Å². The van der Waals surface area contributed by atoms with Gasteiger partial charge in [0, 0.05) is 0 Å². The van der Waals surface area contributed by atoms with Crippen LogP contribution >= 0.6 is 0 Å². The first-order chi connectivity index (χ1) is 16.0. The third-order valence-electron chi connectivity index (χ3n) is 6.63. The third kappa shape index (κ3) is 23.6. The fraction of sp³-hybridized carbons (Fsp3) is 0.750. The van der Waals surface area contributed by atoms with Gasteiger partial charge in [-0.3, -0.25) is 0 Å². The van der Waals surface area contributed by atoms with Gasteiger partial charge in [0.1, 0.15) is 0 Å².